The fourth-order valence-electron chi connectivity index (χ4n) is 6.36. The van der Waals surface area contributed by atoms with Gasteiger partial charge in [-0.3, -0.25) is 0 Å². The summed E-state index contributed by atoms with van der Waals surface area (Å²) in [5.41, 5.74) is 13.2. The van der Waals surface area contributed by atoms with Crippen LogP contribution in [-0.2, 0) is 0 Å². The quantitative estimate of drug-likeness (QED) is 0.179. The Morgan fingerprint density at radius 3 is 1.75 bits per heavy atom. The van der Waals surface area contributed by atoms with E-state index < -0.39 is 0 Å². The zero-order chi connectivity index (χ0) is 29.5. The topological polar surface area (TPSA) is 4.93 Å². The average molecular weight is 627 g/mol. The number of hydrogen-bond acceptors (Lipinski definition) is 0. The van der Waals surface area contributed by atoms with E-state index in [0.717, 1.165) is 4.47 Å². The van der Waals surface area contributed by atoms with Gasteiger partial charge in [0.1, 0.15) is 0 Å². The molecule has 0 saturated heterocycles. The van der Waals surface area contributed by atoms with Crippen molar-refractivity contribution in [1.82, 2.24) is 4.57 Å². The van der Waals surface area contributed by atoms with Crippen LogP contribution in [0.25, 0.3) is 72.0 Å². The molecule has 0 aliphatic carbocycles. The number of halogens is 1. The van der Waals surface area contributed by atoms with E-state index in [0.29, 0.717) is 0 Å². The fourth-order valence-corrected chi connectivity index (χ4v) is 6.87. The fraction of sp³-hybridized carbons (Fsp3) is 0. The van der Waals surface area contributed by atoms with Crippen molar-refractivity contribution in [2.75, 3.05) is 0 Å². The Morgan fingerprint density at radius 1 is 0.341 bits per heavy atom. The minimum absolute atomic E-state index is 1.10. The van der Waals surface area contributed by atoms with Crippen molar-refractivity contribution in [3.63, 3.8) is 0 Å². The Kier molecular flexibility index (Phi) is 6.70. The summed E-state index contributed by atoms with van der Waals surface area (Å²) in [6.07, 6.45) is 0. The van der Waals surface area contributed by atoms with Gasteiger partial charge in [0.2, 0.25) is 0 Å². The molecule has 0 bridgehead atoms. The molecule has 8 aromatic rings. The van der Waals surface area contributed by atoms with E-state index in [1.54, 1.807) is 0 Å². The van der Waals surface area contributed by atoms with Gasteiger partial charge in [0, 0.05) is 20.8 Å². The standard InChI is InChI=1S/C42H28BrN/c43-39-18-7-4-15-35(39)31-23-21-30(22-24-31)33-25-26-38-37-17-6-9-20-41(37)44(42(38)28-33)40-19-8-5-16-36(40)34-14-10-13-32(27-34)29-11-2-1-3-12-29/h1-28H. The second-order valence-electron chi connectivity index (χ2n) is 11.1. The van der Waals surface area contributed by atoms with Gasteiger partial charge in [-0.05, 0) is 69.3 Å². The van der Waals surface area contributed by atoms with Gasteiger partial charge in [-0.25, -0.2) is 0 Å². The average Bonchev–Trinajstić information content (AvgIpc) is 3.42. The minimum atomic E-state index is 1.10. The van der Waals surface area contributed by atoms with Crippen LogP contribution in [0.15, 0.2) is 174 Å². The maximum absolute atomic E-state index is 3.71. The third kappa shape index (κ3) is 4.65. The molecule has 0 saturated carbocycles. The zero-order valence-electron chi connectivity index (χ0n) is 24.0. The van der Waals surface area contributed by atoms with Crippen LogP contribution in [0, 0.1) is 0 Å². The maximum Gasteiger partial charge on any atom is 0.0547 e. The summed E-state index contributed by atoms with van der Waals surface area (Å²) in [6, 6.07) is 61.1. The number of fused-ring (bicyclic) bond motifs is 3. The van der Waals surface area contributed by atoms with Gasteiger partial charge in [0.15, 0.2) is 0 Å². The zero-order valence-corrected chi connectivity index (χ0v) is 25.6. The van der Waals surface area contributed by atoms with Gasteiger partial charge in [0.05, 0.1) is 16.7 Å². The molecule has 0 unspecified atom stereocenters. The molecule has 0 amide bonds. The number of benzene rings is 7. The predicted molar refractivity (Wildman–Crippen MR) is 190 cm³/mol. The van der Waals surface area contributed by atoms with Crippen molar-refractivity contribution < 1.29 is 0 Å². The Balaban J connectivity index is 1.29. The van der Waals surface area contributed by atoms with Crippen LogP contribution >= 0.6 is 15.9 Å². The first-order valence-electron chi connectivity index (χ1n) is 14.9. The van der Waals surface area contributed by atoms with Gasteiger partial charge in [-0.15, -0.1) is 0 Å². The smallest absolute Gasteiger partial charge is 0.0547 e. The van der Waals surface area contributed by atoms with Crippen LogP contribution < -0.4 is 0 Å². The second-order valence-corrected chi connectivity index (χ2v) is 12.0. The van der Waals surface area contributed by atoms with Gasteiger partial charge in [0.25, 0.3) is 0 Å². The highest BCUT2D eigenvalue weighted by molar-refractivity contribution is 9.10. The van der Waals surface area contributed by atoms with Crippen LogP contribution in [0.4, 0.5) is 0 Å². The van der Waals surface area contributed by atoms with E-state index in [2.05, 4.69) is 190 Å². The first kappa shape index (κ1) is 26.4. The summed E-state index contributed by atoms with van der Waals surface area (Å²) in [4.78, 5) is 0. The van der Waals surface area contributed by atoms with E-state index >= 15 is 0 Å². The lowest BCUT2D eigenvalue weighted by Crippen LogP contribution is -1.97. The monoisotopic (exact) mass is 625 g/mol. The first-order chi connectivity index (χ1) is 21.7. The van der Waals surface area contributed by atoms with Crippen LogP contribution in [0.1, 0.15) is 0 Å². The van der Waals surface area contributed by atoms with E-state index in [1.165, 1.54) is 72.0 Å². The third-order valence-corrected chi connectivity index (χ3v) is 9.19. The number of hydrogen-bond donors (Lipinski definition) is 0. The highest BCUT2D eigenvalue weighted by Crippen LogP contribution is 2.39. The summed E-state index contributed by atoms with van der Waals surface area (Å²) in [6.45, 7) is 0. The van der Waals surface area contributed by atoms with Gasteiger partial charge >= 0.3 is 0 Å². The molecule has 2 heteroatoms. The van der Waals surface area contributed by atoms with Crippen LogP contribution in [0.5, 0.6) is 0 Å². The Morgan fingerprint density at radius 2 is 0.909 bits per heavy atom. The number of aromatic nitrogens is 1. The number of nitrogens with zero attached hydrogens (tertiary/aromatic N) is 1. The summed E-state index contributed by atoms with van der Waals surface area (Å²) < 4.78 is 3.54. The Bertz CT molecular complexity index is 2280. The predicted octanol–water partition coefficient (Wildman–Crippen LogP) is 12.2. The molecule has 0 radical (unpaired) electrons. The Labute approximate surface area is 265 Å². The molecule has 1 aromatic heterocycles. The highest BCUT2D eigenvalue weighted by atomic mass is 79.9. The van der Waals surface area contributed by atoms with Crippen molar-refractivity contribution >= 4 is 37.7 Å². The molecule has 208 valence electrons. The molecule has 0 aliphatic heterocycles. The molecule has 0 fully saturated rings. The molecule has 0 N–H and O–H groups in total. The minimum Gasteiger partial charge on any atom is -0.309 e. The first-order valence-corrected chi connectivity index (χ1v) is 15.7. The normalized spacial score (nSPS) is 11.3. The maximum atomic E-state index is 3.71. The second kappa shape index (κ2) is 11.1. The lowest BCUT2D eigenvalue weighted by molar-refractivity contribution is 1.18. The largest absolute Gasteiger partial charge is 0.309 e. The van der Waals surface area contributed by atoms with Crippen LogP contribution in [0.3, 0.4) is 0 Å². The van der Waals surface area contributed by atoms with Crippen LogP contribution in [0.2, 0.25) is 0 Å². The summed E-state index contributed by atoms with van der Waals surface area (Å²) in [5, 5.41) is 2.51. The molecule has 1 nitrogen and oxygen atoms in total. The molecule has 0 spiro atoms. The van der Waals surface area contributed by atoms with E-state index in [1.807, 2.05) is 0 Å². The van der Waals surface area contributed by atoms with Gasteiger partial charge in [-0.2, -0.15) is 0 Å². The highest BCUT2D eigenvalue weighted by Gasteiger charge is 2.16. The lowest BCUT2D eigenvalue weighted by atomic mass is 9.97. The molecule has 0 aliphatic rings. The van der Waals surface area contributed by atoms with E-state index in [-0.39, 0.29) is 0 Å². The van der Waals surface area contributed by atoms with E-state index in [4.69, 9.17) is 0 Å². The summed E-state index contributed by atoms with van der Waals surface area (Å²) in [5.74, 6) is 0. The van der Waals surface area contributed by atoms with E-state index in [9.17, 15) is 0 Å². The molecule has 1 heterocycles. The Hall–Kier alpha value is -5.18. The van der Waals surface area contributed by atoms with Crippen molar-refractivity contribution in [2.24, 2.45) is 0 Å². The van der Waals surface area contributed by atoms with Crippen molar-refractivity contribution in [3.05, 3.63) is 174 Å². The SMILES string of the molecule is Brc1ccccc1-c1ccc(-c2ccc3c4ccccc4n(-c4ccccc4-c4cccc(-c5ccccc5)c4)c3c2)cc1. The van der Waals surface area contributed by atoms with Crippen molar-refractivity contribution in [1.29, 1.82) is 0 Å². The van der Waals surface area contributed by atoms with Crippen LogP contribution in [-0.4, -0.2) is 4.57 Å². The summed E-state index contributed by atoms with van der Waals surface area (Å²) in [7, 11) is 0. The van der Waals surface area contributed by atoms with Crippen molar-refractivity contribution in [2.45, 2.75) is 0 Å². The molecule has 7 aromatic carbocycles. The molecule has 8 rings (SSSR count). The molecular weight excluding hydrogens is 598 g/mol. The lowest BCUT2D eigenvalue weighted by Gasteiger charge is -2.15. The number of rotatable bonds is 5. The van der Waals surface area contributed by atoms with Gasteiger partial charge < -0.3 is 4.57 Å². The van der Waals surface area contributed by atoms with Crippen molar-refractivity contribution in [3.8, 4) is 50.2 Å². The summed E-state index contributed by atoms with van der Waals surface area (Å²) >= 11 is 3.71. The molecule has 44 heavy (non-hydrogen) atoms. The molecule has 0 atom stereocenters. The molecular formula is C42H28BrN. The third-order valence-electron chi connectivity index (χ3n) is 8.50. The number of para-hydroxylation sites is 2. The van der Waals surface area contributed by atoms with Gasteiger partial charge in [-0.1, -0.05) is 155 Å².